The Bertz CT molecular complexity index is 1640. The minimum atomic E-state index is -0.445. The molecule has 2 aromatic heterocycles. The molecule has 5 nitrogen and oxygen atoms in total. The van der Waals surface area contributed by atoms with Crippen LogP contribution in [0.4, 0.5) is 11.4 Å². The first-order valence-corrected chi connectivity index (χ1v) is 11.1. The second-order valence-corrected chi connectivity index (χ2v) is 8.52. The quantitative estimate of drug-likeness (QED) is 0.284. The average molecular weight is 483 g/mol. The van der Waals surface area contributed by atoms with E-state index in [9.17, 15) is 10.1 Å². The fraction of sp³-hybridized carbons (Fsp3) is 0. The number of aromatic nitrogens is 2. The number of nitrogens with one attached hydrogen (secondary N) is 2. The highest BCUT2D eigenvalue weighted by molar-refractivity contribution is 6.31. The van der Waals surface area contributed by atoms with E-state index < -0.39 is 5.56 Å². The molecule has 0 spiro atoms. The first-order valence-electron chi connectivity index (χ1n) is 10.4. The SMILES string of the molecule is N#Cc1c(-c2cccc(Cl)c2)cc(-c2ccc(Nc3ccnc4cc(Cl)ccc34)cc2)[nH]c1=O. The highest BCUT2D eigenvalue weighted by atomic mass is 35.5. The summed E-state index contributed by atoms with van der Waals surface area (Å²) in [6.45, 7) is 0. The number of hydrogen-bond donors (Lipinski definition) is 2. The maximum Gasteiger partial charge on any atom is 0.266 e. The normalized spacial score (nSPS) is 10.7. The summed E-state index contributed by atoms with van der Waals surface area (Å²) < 4.78 is 0. The Kier molecular flexibility index (Phi) is 5.77. The van der Waals surface area contributed by atoms with Gasteiger partial charge in [-0.3, -0.25) is 9.78 Å². The Balaban J connectivity index is 1.50. The average Bonchev–Trinajstić information content (AvgIpc) is 2.84. The minimum absolute atomic E-state index is 0.0500. The number of pyridine rings is 2. The zero-order chi connectivity index (χ0) is 23.7. The van der Waals surface area contributed by atoms with Gasteiger partial charge in [0.05, 0.1) is 5.52 Å². The number of halogens is 2. The molecule has 2 N–H and O–H groups in total. The highest BCUT2D eigenvalue weighted by Crippen LogP contribution is 2.30. The molecule has 2 heterocycles. The molecule has 5 aromatic rings. The van der Waals surface area contributed by atoms with Gasteiger partial charge in [0.25, 0.3) is 5.56 Å². The number of aromatic amines is 1. The lowest BCUT2D eigenvalue weighted by atomic mass is 9.99. The molecule has 0 aliphatic heterocycles. The zero-order valence-electron chi connectivity index (χ0n) is 17.6. The molecular weight excluding hydrogens is 467 g/mol. The van der Waals surface area contributed by atoms with E-state index in [0.717, 1.165) is 27.8 Å². The van der Waals surface area contributed by atoms with E-state index in [0.29, 0.717) is 26.9 Å². The third-order valence-electron chi connectivity index (χ3n) is 5.46. The molecular formula is C27H16Cl2N4O. The first-order chi connectivity index (χ1) is 16.5. The summed E-state index contributed by atoms with van der Waals surface area (Å²) >= 11 is 12.2. The molecule has 0 saturated carbocycles. The second-order valence-electron chi connectivity index (χ2n) is 7.65. The van der Waals surface area contributed by atoms with E-state index in [1.807, 2.05) is 60.7 Å². The number of nitrogens with zero attached hydrogens (tertiary/aromatic N) is 2. The molecule has 7 heteroatoms. The molecule has 0 saturated heterocycles. The van der Waals surface area contributed by atoms with Crippen molar-refractivity contribution in [3.05, 3.63) is 111 Å². The smallest absolute Gasteiger partial charge is 0.266 e. The number of fused-ring (bicyclic) bond motifs is 1. The molecule has 0 unspecified atom stereocenters. The molecule has 0 bridgehead atoms. The molecule has 0 aliphatic carbocycles. The van der Waals surface area contributed by atoms with Crippen molar-refractivity contribution in [2.45, 2.75) is 0 Å². The van der Waals surface area contributed by atoms with Crippen LogP contribution in [0.5, 0.6) is 0 Å². The lowest BCUT2D eigenvalue weighted by Gasteiger charge is -2.11. The fourth-order valence-corrected chi connectivity index (χ4v) is 4.19. The summed E-state index contributed by atoms with van der Waals surface area (Å²) in [6, 6.07) is 26.0. The van der Waals surface area contributed by atoms with Crippen LogP contribution in [0.15, 0.2) is 89.9 Å². The van der Waals surface area contributed by atoms with Crippen molar-refractivity contribution in [2.75, 3.05) is 5.32 Å². The van der Waals surface area contributed by atoms with Gasteiger partial charge in [0, 0.05) is 44.3 Å². The van der Waals surface area contributed by atoms with Gasteiger partial charge in [-0.25, -0.2) is 0 Å². The molecule has 3 aromatic carbocycles. The van der Waals surface area contributed by atoms with E-state index in [2.05, 4.69) is 15.3 Å². The topological polar surface area (TPSA) is 81.6 Å². The Morgan fingerprint density at radius 1 is 0.882 bits per heavy atom. The molecule has 0 atom stereocenters. The van der Waals surface area contributed by atoms with E-state index in [1.54, 1.807) is 30.5 Å². The molecule has 0 amide bonds. The number of anilines is 2. The number of rotatable bonds is 4. The summed E-state index contributed by atoms with van der Waals surface area (Å²) in [4.78, 5) is 19.8. The van der Waals surface area contributed by atoms with Gasteiger partial charge in [-0.1, -0.05) is 47.5 Å². The number of H-pyrrole nitrogens is 1. The van der Waals surface area contributed by atoms with Gasteiger partial charge in [0.15, 0.2) is 0 Å². The minimum Gasteiger partial charge on any atom is -0.355 e. The van der Waals surface area contributed by atoms with Crippen LogP contribution in [0.25, 0.3) is 33.3 Å². The molecule has 5 rings (SSSR count). The van der Waals surface area contributed by atoms with Crippen molar-refractivity contribution in [3.63, 3.8) is 0 Å². The zero-order valence-corrected chi connectivity index (χ0v) is 19.2. The monoisotopic (exact) mass is 482 g/mol. The van der Waals surface area contributed by atoms with E-state index in [-0.39, 0.29) is 5.56 Å². The van der Waals surface area contributed by atoms with Crippen molar-refractivity contribution in [1.82, 2.24) is 9.97 Å². The van der Waals surface area contributed by atoms with Gasteiger partial charge in [-0.15, -0.1) is 0 Å². The van der Waals surface area contributed by atoms with E-state index in [1.165, 1.54) is 0 Å². The third-order valence-corrected chi connectivity index (χ3v) is 5.93. The lowest BCUT2D eigenvalue weighted by Crippen LogP contribution is -2.12. The van der Waals surface area contributed by atoms with Crippen LogP contribution < -0.4 is 10.9 Å². The van der Waals surface area contributed by atoms with Crippen molar-refractivity contribution < 1.29 is 0 Å². The van der Waals surface area contributed by atoms with Gasteiger partial charge in [0.2, 0.25) is 0 Å². The first kappa shape index (κ1) is 21.7. The van der Waals surface area contributed by atoms with Gasteiger partial charge < -0.3 is 10.3 Å². The Hall–Kier alpha value is -4.11. The van der Waals surface area contributed by atoms with Crippen LogP contribution in [-0.4, -0.2) is 9.97 Å². The molecule has 0 aliphatic rings. The van der Waals surface area contributed by atoms with Gasteiger partial charge in [-0.05, 0) is 65.7 Å². The summed E-state index contributed by atoms with van der Waals surface area (Å²) in [7, 11) is 0. The van der Waals surface area contributed by atoms with Gasteiger partial charge in [-0.2, -0.15) is 5.26 Å². The lowest BCUT2D eigenvalue weighted by molar-refractivity contribution is 1.22. The third kappa shape index (κ3) is 4.25. The van der Waals surface area contributed by atoms with Gasteiger partial charge >= 0.3 is 0 Å². The summed E-state index contributed by atoms with van der Waals surface area (Å²) in [6.07, 6.45) is 1.73. The van der Waals surface area contributed by atoms with Crippen LogP contribution in [-0.2, 0) is 0 Å². The van der Waals surface area contributed by atoms with Crippen molar-refractivity contribution in [3.8, 4) is 28.5 Å². The predicted molar refractivity (Wildman–Crippen MR) is 138 cm³/mol. The Labute approximate surface area is 205 Å². The molecule has 0 fully saturated rings. The van der Waals surface area contributed by atoms with Gasteiger partial charge in [0.1, 0.15) is 11.6 Å². The van der Waals surface area contributed by atoms with Crippen molar-refractivity contribution >= 4 is 45.5 Å². The summed E-state index contributed by atoms with van der Waals surface area (Å²) in [5.41, 5.74) is 4.84. The van der Waals surface area contributed by atoms with Crippen molar-refractivity contribution in [1.29, 1.82) is 5.26 Å². The summed E-state index contributed by atoms with van der Waals surface area (Å²) in [5.74, 6) is 0. The maximum absolute atomic E-state index is 12.6. The van der Waals surface area contributed by atoms with Crippen LogP contribution in [0.1, 0.15) is 5.56 Å². The standard InChI is InChI=1S/C27H16Cl2N4O/c28-18-3-1-2-17(12-18)22-14-25(33-27(34)23(22)15-30)16-4-7-20(8-5-16)32-24-10-11-31-26-13-19(29)6-9-21(24)26/h1-14H,(H,31,32)(H,33,34). The largest absolute Gasteiger partial charge is 0.355 e. The number of hydrogen-bond acceptors (Lipinski definition) is 4. The van der Waals surface area contributed by atoms with Crippen LogP contribution >= 0.6 is 23.2 Å². The highest BCUT2D eigenvalue weighted by Gasteiger charge is 2.13. The van der Waals surface area contributed by atoms with E-state index >= 15 is 0 Å². The molecule has 34 heavy (non-hydrogen) atoms. The number of nitriles is 1. The van der Waals surface area contributed by atoms with Crippen LogP contribution in [0.3, 0.4) is 0 Å². The van der Waals surface area contributed by atoms with Crippen LogP contribution in [0, 0.1) is 11.3 Å². The fourth-order valence-electron chi connectivity index (χ4n) is 3.83. The Morgan fingerprint density at radius 3 is 2.44 bits per heavy atom. The number of benzene rings is 3. The second kappa shape index (κ2) is 9.03. The molecule has 0 radical (unpaired) electrons. The molecule has 164 valence electrons. The van der Waals surface area contributed by atoms with E-state index in [4.69, 9.17) is 23.2 Å². The predicted octanol–water partition coefficient (Wildman–Crippen LogP) is 7.18. The van der Waals surface area contributed by atoms with Crippen molar-refractivity contribution in [2.24, 2.45) is 0 Å². The maximum atomic E-state index is 12.6. The van der Waals surface area contributed by atoms with Crippen LogP contribution in [0.2, 0.25) is 10.0 Å². The Morgan fingerprint density at radius 2 is 1.68 bits per heavy atom. The summed E-state index contributed by atoms with van der Waals surface area (Å²) in [5, 5.41) is 15.1.